The summed E-state index contributed by atoms with van der Waals surface area (Å²) < 4.78 is 168. The van der Waals surface area contributed by atoms with Crippen molar-refractivity contribution < 1.29 is 255 Å². The minimum atomic E-state index is -4.55. The maximum absolute atomic E-state index is 11.3. The van der Waals surface area contributed by atoms with E-state index in [4.69, 9.17) is 74.5 Å². The van der Waals surface area contributed by atoms with E-state index in [9.17, 15) is 13.0 Å². The second-order valence-electron chi connectivity index (χ2n) is 21.8. The van der Waals surface area contributed by atoms with Gasteiger partial charge in [-0.05, 0) is 106 Å². The van der Waals surface area contributed by atoms with Crippen molar-refractivity contribution in [1.82, 2.24) is 29.9 Å². The van der Waals surface area contributed by atoms with Crippen LogP contribution in [0, 0.1) is 19.9 Å². The molecule has 0 spiro atoms. The van der Waals surface area contributed by atoms with Gasteiger partial charge < -0.3 is 27.7 Å². The van der Waals surface area contributed by atoms with Crippen LogP contribution in [0.15, 0.2) is 248 Å². The van der Waals surface area contributed by atoms with Crippen molar-refractivity contribution in [3.63, 3.8) is 0 Å². The Morgan fingerprint density at radius 1 is 0.324 bits per heavy atom. The number of pyridine rings is 6. The summed E-state index contributed by atoms with van der Waals surface area (Å²) >= 11 is 0. The standard InChI is InChI=1S/C26H20N2.C24H16N2.C18H11N2O3S.4CH4O3S.6Na.O3S/c1-17-15-23(19-9-5-3-6-10-19)21-13-14-22-24(20-11-7-4-8-12-20)16-18(2)28-26(22)25(21)27-17;1-3-7-17(8-4-1)19-13-15-25-23-21(19)11-12-22-20(14-16-26-24(22)23)18-9-5-2-6-10-18;21-24(22,23)18-7-3-6-15-13(18)9-11-17(20-15)16-10-8-12-4-1-2-5-14(12)19-16;4*1-5(2,3)4;;;;;;;1-4(2)3/h3-16H,1-2H3;1-16H;1-7,9-11H,(H,21,22,23);4*1H3,(H,2,3,4);;;;;;;/q;;-1;;;;;6*+1;/p-5. The summed E-state index contributed by atoms with van der Waals surface area (Å²) in [4.78, 5) is 27.9. The normalized spacial score (nSPS) is 10.6. The number of hydrogen-bond donors (Lipinski definition) is 0. The molecule has 8 aromatic carbocycles. The van der Waals surface area contributed by atoms with Crippen molar-refractivity contribution in [3.05, 3.63) is 260 Å². The van der Waals surface area contributed by atoms with Gasteiger partial charge in [0.2, 0.25) is 0 Å². The second kappa shape index (κ2) is 46.5. The van der Waals surface area contributed by atoms with E-state index in [1.807, 2.05) is 60.9 Å². The molecule has 0 unspecified atom stereocenters. The number of para-hydroxylation sites is 1. The fourth-order valence-electron chi connectivity index (χ4n) is 10.1. The maximum atomic E-state index is 11.3. The number of benzene rings is 8. The minimum Gasteiger partial charge on any atom is -0.748 e. The van der Waals surface area contributed by atoms with Crippen molar-refractivity contribution in [1.29, 1.82) is 0 Å². The van der Waals surface area contributed by atoms with Crippen LogP contribution in [-0.2, 0) is 61.2 Å². The average molecular weight is 1630 g/mol. The van der Waals surface area contributed by atoms with Crippen LogP contribution in [0.2, 0.25) is 0 Å². The van der Waals surface area contributed by atoms with E-state index >= 15 is 0 Å². The van der Waals surface area contributed by atoms with E-state index in [2.05, 4.69) is 185 Å². The summed E-state index contributed by atoms with van der Waals surface area (Å²) in [6, 6.07) is 79.3. The van der Waals surface area contributed by atoms with Crippen LogP contribution >= 0.6 is 0 Å². The van der Waals surface area contributed by atoms with Crippen LogP contribution in [0.4, 0.5) is 0 Å². The summed E-state index contributed by atoms with van der Waals surface area (Å²) in [6.07, 6.45) is 6.17. The van der Waals surface area contributed by atoms with Gasteiger partial charge in [0.1, 0.15) is 10.1 Å². The first-order valence-corrected chi connectivity index (χ1v) is 39.2. The Labute approximate surface area is 760 Å². The Hall–Kier alpha value is -4.61. The molecule has 0 atom stereocenters. The third-order valence-electron chi connectivity index (χ3n) is 13.7. The smallest absolute Gasteiger partial charge is 0.748 e. The van der Waals surface area contributed by atoms with Crippen molar-refractivity contribution in [2.45, 2.75) is 18.7 Å². The fraction of sp³-hybridized carbons (Fsp3) is 0.0833. The van der Waals surface area contributed by atoms with E-state index in [0.29, 0.717) is 47.3 Å². The zero-order chi connectivity index (χ0) is 74.7. The maximum Gasteiger partial charge on any atom is 1.00 e. The van der Waals surface area contributed by atoms with Crippen LogP contribution in [0.5, 0.6) is 0 Å². The van der Waals surface area contributed by atoms with E-state index < -0.39 is 61.2 Å². The van der Waals surface area contributed by atoms with Crippen molar-refractivity contribution in [2.24, 2.45) is 0 Å². The number of aryl methyl sites for hydroxylation is 2. The Balaban J connectivity index is 0.000000687. The Bertz CT molecular complexity index is 5740. The first-order valence-electron chi connectivity index (χ1n) is 29.5. The summed E-state index contributed by atoms with van der Waals surface area (Å²) in [5, 5.41) is 5.75. The number of fused-ring (bicyclic) bond motifs is 8. The zero-order valence-electron chi connectivity index (χ0n) is 60.6. The molecule has 0 aliphatic carbocycles. The minimum absolute atomic E-state index is 0. The molecule has 0 saturated carbocycles. The molecular weight excluding hydrogens is 1570 g/mol. The van der Waals surface area contributed by atoms with Gasteiger partial charge >= 0.3 is 188 Å². The topological polar surface area (TPSA) is 415 Å². The van der Waals surface area contributed by atoms with Crippen LogP contribution < -0.4 is 177 Å². The third-order valence-corrected chi connectivity index (χ3v) is 14.6. The van der Waals surface area contributed by atoms with Crippen molar-refractivity contribution >= 4 is 127 Å². The second-order valence-corrected chi connectivity index (χ2v) is 29.2. The Morgan fingerprint density at radius 2 is 0.620 bits per heavy atom. The van der Waals surface area contributed by atoms with Gasteiger partial charge in [0.05, 0.1) is 73.0 Å². The SMILES string of the molecule is CS(=O)(=O)[O-].CS(=O)(=O)[O-].CS(=O)(=O)[O-].CS(=O)(=O)[O-].Cc1cc(-c2ccccc2)c2ccc3c(-c4ccccc4)cc(C)nc3c2n1.O=S(=O)([O-])c1cccc2nc(-c3c[c-]c4ccccc4n3)ccc12.O=S(=O)=O.[Na+].[Na+].[Na+].[Na+].[Na+].[Na+].c1ccc(-c2ccnc3c2ccc2c(-c4ccccc4)ccnc23)cc1. The Morgan fingerprint density at radius 3 is 0.972 bits per heavy atom. The number of nitrogens with zero attached hydrogens (tertiary/aromatic N) is 6. The summed E-state index contributed by atoms with van der Waals surface area (Å²) in [6.45, 7) is 4.11. The molecule has 24 nitrogen and oxygen atoms in total. The molecule has 0 amide bonds. The summed E-state index contributed by atoms with van der Waals surface area (Å²) in [5.74, 6) is 0. The monoisotopic (exact) mass is 1620 g/mol. The van der Waals surface area contributed by atoms with Gasteiger partial charge in [-0.1, -0.05) is 170 Å². The summed E-state index contributed by atoms with van der Waals surface area (Å²) in [7, 11) is -23.3. The van der Waals surface area contributed by atoms with Crippen LogP contribution in [0.25, 0.3) is 121 Å². The first-order chi connectivity index (χ1) is 47.9. The molecule has 14 rings (SSSR count). The van der Waals surface area contributed by atoms with Gasteiger partial charge in [-0.15, -0.1) is 42.3 Å². The molecule has 0 bridgehead atoms. The van der Waals surface area contributed by atoms with Gasteiger partial charge in [0, 0.05) is 87.1 Å². The van der Waals surface area contributed by atoms with E-state index in [1.165, 1.54) is 56.6 Å². The molecular formula is C72H58N6Na6O18S6. The van der Waals surface area contributed by atoms with Crippen molar-refractivity contribution in [3.8, 4) is 55.9 Å². The number of aromatic nitrogens is 6. The molecule has 0 aliphatic heterocycles. The summed E-state index contributed by atoms with van der Waals surface area (Å²) in [5.41, 5.74) is 17.9. The van der Waals surface area contributed by atoms with Gasteiger partial charge in [-0.2, -0.15) is 0 Å². The first kappa shape index (κ1) is 101. The molecule has 108 heavy (non-hydrogen) atoms. The number of hydrogen-bond acceptors (Lipinski definition) is 24. The fourth-order valence-corrected chi connectivity index (χ4v) is 10.8. The molecule has 0 fully saturated rings. The van der Waals surface area contributed by atoms with Crippen LogP contribution in [-0.4, -0.2) is 132 Å². The zero-order valence-corrected chi connectivity index (χ0v) is 77.5. The number of rotatable bonds is 6. The predicted molar refractivity (Wildman–Crippen MR) is 387 cm³/mol. The Kier molecular flexibility index (Phi) is 43.7. The van der Waals surface area contributed by atoms with E-state index in [0.717, 1.165) is 65.9 Å². The van der Waals surface area contributed by atoms with Gasteiger partial charge in [-0.25, -0.2) is 42.1 Å². The molecule has 0 radical (unpaired) electrons. The molecule has 14 aromatic rings. The van der Waals surface area contributed by atoms with Gasteiger partial charge in [0.25, 0.3) is 0 Å². The average Bonchev–Trinajstić information content (AvgIpc) is 0.762. The predicted octanol–water partition coefficient (Wildman–Crippen LogP) is -6.33. The molecule has 6 heterocycles. The van der Waals surface area contributed by atoms with E-state index in [1.54, 1.807) is 24.3 Å². The molecule has 6 aromatic heterocycles. The van der Waals surface area contributed by atoms with Crippen molar-refractivity contribution in [2.75, 3.05) is 25.0 Å². The molecule has 526 valence electrons. The quantitative estimate of drug-likeness (QED) is 0.0647. The molecule has 0 aliphatic rings. The molecule has 36 heteroatoms. The largest absolute Gasteiger partial charge is 1.00 e. The third kappa shape index (κ3) is 33.6. The molecule has 0 saturated heterocycles. The van der Waals surface area contributed by atoms with Crippen LogP contribution in [0.3, 0.4) is 0 Å². The molecule has 0 N–H and O–H groups in total. The van der Waals surface area contributed by atoms with Crippen LogP contribution in [0.1, 0.15) is 11.4 Å². The van der Waals surface area contributed by atoms with Gasteiger partial charge in [-0.3, -0.25) is 24.9 Å². The van der Waals surface area contributed by atoms with Gasteiger partial charge in [0.15, 0.2) is 0 Å². The van der Waals surface area contributed by atoms with E-state index in [-0.39, 0.29) is 182 Å².